The molecule has 8 heteroatoms. The van der Waals surface area contributed by atoms with E-state index in [2.05, 4.69) is 58.1 Å². The number of halogens is 1. The molecule has 202 valence electrons. The summed E-state index contributed by atoms with van der Waals surface area (Å²) in [5.41, 5.74) is 4.09. The monoisotopic (exact) mass is 543 g/mol. The van der Waals surface area contributed by atoms with E-state index in [0.29, 0.717) is 44.7 Å². The molecular weight excluding hydrogens is 509 g/mol. The van der Waals surface area contributed by atoms with E-state index in [1.165, 1.54) is 17.2 Å². The van der Waals surface area contributed by atoms with Gasteiger partial charge in [-0.25, -0.2) is 4.39 Å². The predicted molar refractivity (Wildman–Crippen MR) is 155 cm³/mol. The SMILES string of the molecule is Cc1ccc(-n2c(Cc3ccccc3)nnc2SCCCCC(=O)N2CCN(c3ccccc3F)CC2)cc1. The third-order valence-electron chi connectivity index (χ3n) is 7.04. The molecule has 1 aliphatic heterocycles. The van der Waals surface area contributed by atoms with Crippen molar-refractivity contribution >= 4 is 23.4 Å². The molecule has 0 aliphatic carbocycles. The normalized spacial score (nSPS) is 13.6. The molecule has 0 bridgehead atoms. The first-order valence-electron chi connectivity index (χ1n) is 13.5. The van der Waals surface area contributed by atoms with Crippen LogP contribution in [0.4, 0.5) is 10.1 Å². The fourth-order valence-corrected chi connectivity index (χ4v) is 5.81. The van der Waals surface area contributed by atoms with Crippen LogP contribution >= 0.6 is 11.8 Å². The van der Waals surface area contributed by atoms with Crippen molar-refractivity contribution in [1.82, 2.24) is 19.7 Å². The number of benzene rings is 3. The number of nitrogens with zero attached hydrogens (tertiary/aromatic N) is 5. The molecule has 0 saturated carbocycles. The molecule has 39 heavy (non-hydrogen) atoms. The van der Waals surface area contributed by atoms with Crippen molar-refractivity contribution in [1.29, 1.82) is 0 Å². The maximum absolute atomic E-state index is 14.1. The number of anilines is 1. The lowest BCUT2D eigenvalue weighted by Gasteiger charge is -2.36. The summed E-state index contributed by atoms with van der Waals surface area (Å²) in [5, 5.41) is 9.94. The Balaban J connectivity index is 1.12. The molecule has 1 aliphatic rings. The van der Waals surface area contributed by atoms with Gasteiger partial charge in [0.05, 0.1) is 5.69 Å². The molecule has 1 aromatic heterocycles. The maximum Gasteiger partial charge on any atom is 0.222 e. The molecule has 1 amide bonds. The van der Waals surface area contributed by atoms with E-state index in [1.807, 2.05) is 34.1 Å². The number of rotatable bonds is 10. The molecular formula is C31H34FN5OS. The molecule has 0 radical (unpaired) electrons. The minimum absolute atomic E-state index is 0.182. The van der Waals surface area contributed by atoms with Gasteiger partial charge in [-0.2, -0.15) is 0 Å². The van der Waals surface area contributed by atoms with Gasteiger partial charge in [-0.3, -0.25) is 9.36 Å². The van der Waals surface area contributed by atoms with E-state index in [9.17, 15) is 9.18 Å². The number of aryl methyl sites for hydroxylation is 1. The van der Waals surface area contributed by atoms with Crippen molar-refractivity contribution in [2.75, 3.05) is 36.8 Å². The lowest BCUT2D eigenvalue weighted by molar-refractivity contribution is -0.131. The summed E-state index contributed by atoms with van der Waals surface area (Å²) >= 11 is 1.69. The number of thioether (sulfide) groups is 1. The molecule has 0 N–H and O–H groups in total. The summed E-state index contributed by atoms with van der Waals surface area (Å²) in [6, 6.07) is 25.6. The lowest BCUT2D eigenvalue weighted by Crippen LogP contribution is -2.49. The largest absolute Gasteiger partial charge is 0.366 e. The first kappa shape index (κ1) is 26.9. The summed E-state index contributed by atoms with van der Waals surface area (Å²) in [6.07, 6.45) is 2.99. The molecule has 2 heterocycles. The number of carbonyl (C=O) groups excluding carboxylic acids is 1. The number of unbranched alkanes of at least 4 members (excludes halogenated alkanes) is 1. The van der Waals surface area contributed by atoms with Gasteiger partial charge in [0.15, 0.2) is 5.16 Å². The van der Waals surface area contributed by atoms with Crippen LogP contribution in [0.3, 0.4) is 0 Å². The third kappa shape index (κ3) is 6.87. The van der Waals surface area contributed by atoms with Crippen molar-refractivity contribution in [2.45, 2.75) is 37.8 Å². The van der Waals surface area contributed by atoms with Crippen molar-refractivity contribution in [3.05, 3.63) is 102 Å². The second-order valence-corrected chi connectivity index (χ2v) is 10.9. The number of hydrogen-bond donors (Lipinski definition) is 0. The summed E-state index contributed by atoms with van der Waals surface area (Å²) in [4.78, 5) is 16.7. The molecule has 0 unspecified atom stereocenters. The Bertz CT molecular complexity index is 1370. The van der Waals surface area contributed by atoms with Crippen LogP contribution in [0.5, 0.6) is 0 Å². The highest BCUT2D eigenvalue weighted by molar-refractivity contribution is 7.99. The zero-order chi connectivity index (χ0) is 27.0. The Morgan fingerprint density at radius 2 is 1.59 bits per heavy atom. The minimum Gasteiger partial charge on any atom is -0.366 e. The zero-order valence-electron chi connectivity index (χ0n) is 22.3. The van der Waals surface area contributed by atoms with Crippen LogP contribution in [0.2, 0.25) is 0 Å². The number of carbonyl (C=O) groups is 1. The Hall–Kier alpha value is -3.65. The Morgan fingerprint density at radius 1 is 0.872 bits per heavy atom. The van der Waals surface area contributed by atoms with E-state index >= 15 is 0 Å². The second kappa shape index (κ2) is 12.9. The zero-order valence-corrected chi connectivity index (χ0v) is 23.1. The summed E-state index contributed by atoms with van der Waals surface area (Å²) in [7, 11) is 0. The van der Waals surface area contributed by atoms with Crippen LogP contribution in [0.1, 0.15) is 36.2 Å². The first-order valence-corrected chi connectivity index (χ1v) is 14.5. The van der Waals surface area contributed by atoms with Gasteiger partial charge >= 0.3 is 0 Å². The standard InChI is InChI=1S/C31H34FN5OS/c1-24-14-16-26(17-15-24)37-29(23-25-9-3-2-4-10-25)33-34-31(37)39-22-8-7-13-30(38)36-20-18-35(19-21-36)28-12-6-5-11-27(28)32/h2-6,9-12,14-17H,7-8,13,18-23H2,1H3. The fraction of sp³-hybridized carbons (Fsp3) is 0.323. The number of aromatic nitrogens is 3. The quantitative estimate of drug-likeness (QED) is 0.184. The van der Waals surface area contributed by atoms with Crippen LogP contribution in [-0.4, -0.2) is 57.5 Å². The highest BCUT2D eigenvalue weighted by Crippen LogP contribution is 2.25. The van der Waals surface area contributed by atoms with Gasteiger partial charge in [0.25, 0.3) is 0 Å². The molecule has 6 nitrogen and oxygen atoms in total. The van der Waals surface area contributed by atoms with Crippen LogP contribution in [0.15, 0.2) is 84.0 Å². The molecule has 1 saturated heterocycles. The van der Waals surface area contributed by atoms with E-state index in [1.54, 1.807) is 23.9 Å². The molecule has 0 spiro atoms. The number of para-hydroxylation sites is 1. The van der Waals surface area contributed by atoms with Crippen molar-refractivity contribution < 1.29 is 9.18 Å². The van der Waals surface area contributed by atoms with Crippen LogP contribution in [-0.2, 0) is 11.2 Å². The maximum atomic E-state index is 14.1. The second-order valence-electron chi connectivity index (χ2n) is 9.86. The van der Waals surface area contributed by atoms with Gasteiger partial charge in [0.1, 0.15) is 11.6 Å². The highest BCUT2D eigenvalue weighted by Gasteiger charge is 2.22. The molecule has 1 fully saturated rings. The topological polar surface area (TPSA) is 54.3 Å². The van der Waals surface area contributed by atoms with Gasteiger partial charge in [0, 0.05) is 50.5 Å². The van der Waals surface area contributed by atoms with Crippen LogP contribution < -0.4 is 4.90 Å². The fourth-order valence-electron chi connectivity index (χ4n) is 4.84. The Morgan fingerprint density at radius 3 is 2.33 bits per heavy atom. The van der Waals surface area contributed by atoms with Gasteiger partial charge in [-0.05, 0) is 49.6 Å². The molecule has 4 aromatic rings. The molecule has 3 aromatic carbocycles. The summed E-state index contributed by atoms with van der Waals surface area (Å²) in [6.45, 7) is 4.66. The average molecular weight is 544 g/mol. The summed E-state index contributed by atoms with van der Waals surface area (Å²) in [5.74, 6) is 1.75. The van der Waals surface area contributed by atoms with Gasteiger partial charge in [-0.15, -0.1) is 10.2 Å². The third-order valence-corrected chi connectivity index (χ3v) is 8.05. The Kier molecular flexibility index (Phi) is 8.93. The van der Waals surface area contributed by atoms with Crippen molar-refractivity contribution in [2.24, 2.45) is 0 Å². The van der Waals surface area contributed by atoms with Crippen molar-refractivity contribution in [3.63, 3.8) is 0 Å². The number of piperazine rings is 1. The lowest BCUT2D eigenvalue weighted by atomic mass is 10.1. The van der Waals surface area contributed by atoms with Crippen LogP contribution in [0, 0.1) is 12.7 Å². The first-order chi connectivity index (χ1) is 19.1. The smallest absolute Gasteiger partial charge is 0.222 e. The van der Waals surface area contributed by atoms with Crippen molar-refractivity contribution in [3.8, 4) is 5.69 Å². The highest BCUT2D eigenvalue weighted by atomic mass is 32.2. The molecule has 0 atom stereocenters. The van der Waals surface area contributed by atoms with E-state index in [-0.39, 0.29) is 11.7 Å². The number of hydrogen-bond acceptors (Lipinski definition) is 5. The predicted octanol–water partition coefficient (Wildman–Crippen LogP) is 5.92. The minimum atomic E-state index is -0.208. The van der Waals surface area contributed by atoms with Crippen LogP contribution in [0.25, 0.3) is 5.69 Å². The van der Waals surface area contributed by atoms with E-state index in [0.717, 1.165) is 35.3 Å². The average Bonchev–Trinajstić information content (AvgIpc) is 3.36. The Labute approximate surface area is 233 Å². The molecule has 5 rings (SSSR count). The summed E-state index contributed by atoms with van der Waals surface area (Å²) < 4.78 is 16.2. The van der Waals surface area contributed by atoms with E-state index < -0.39 is 0 Å². The van der Waals surface area contributed by atoms with Gasteiger partial charge in [-0.1, -0.05) is 71.9 Å². The van der Waals surface area contributed by atoms with E-state index in [4.69, 9.17) is 0 Å². The number of amides is 1. The van der Waals surface area contributed by atoms with Gasteiger partial charge < -0.3 is 9.80 Å². The van der Waals surface area contributed by atoms with Gasteiger partial charge in [0.2, 0.25) is 5.91 Å².